The van der Waals surface area contributed by atoms with Gasteiger partial charge in [-0.3, -0.25) is 9.10 Å². The first-order valence-corrected chi connectivity index (χ1v) is 10.1. The second-order valence-corrected chi connectivity index (χ2v) is 9.00. The number of hydrogen-bond acceptors (Lipinski definition) is 4. The van der Waals surface area contributed by atoms with Crippen molar-refractivity contribution in [1.82, 2.24) is 10.2 Å². The molecule has 1 aromatic rings. The highest BCUT2D eigenvalue weighted by Gasteiger charge is 2.30. The van der Waals surface area contributed by atoms with E-state index in [0.29, 0.717) is 42.3 Å². The molecule has 2 saturated heterocycles. The van der Waals surface area contributed by atoms with Crippen LogP contribution in [0.3, 0.4) is 0 Å². The maximum atomic E-state index is 12.8. The lowest BCUT2D eigenvalue weighted by atomic mass is 10.1. The third kappa shape index (κ3) is 4.22. The van der Waals surface area contributed by atoms with Crippen molar-refractivity contribution in [2.75, 3.05) is 29.7 Å². The van der Waals surface area contributed by atoms with Gasteiger partial charge in [0.1, 0.15) is 0 Å². The summed E-state index contributed by atoms with van der Waals surface area (Å²) in [6, 6.07) is 5.32. The number of amides is 1. The summed E-state index contributed by atoms with van der Waals surface area (Å²) < 4.78 is 25.4. The molecule has 2 aliphatic heterocycles. The molecule has 2 unspecified atom stereocenters. The lowest BCUT2D eigenvalue weighted by Gasteiger charge is -2.36. The Balaban J connectivity index is 0.00000225. The van der Waals surface area contributed by atoms with Crippen LogP contribution in [0.15, 0.2) is 18.2 Å². The predicted octanol–water partition coefficient (Wildman–Crippen LogP) is 2.12. The van der Waals surface area contributed by atoms with Crippen molar-refractivity contribution in [2.45, 2.75) is 32.4 Å². The molecule has 1 amide bonds. The van der Waals surface area contributed by atoms with E-state index in [1.807, 2.05) is 13.8 Å². The Kier molecular flexibility index (Phi) is 6.25. The van der Waals surface area contributed by atoms with Gasteiger partial charge in [-0.2, -0.15) is 0 Å². The van der Waals surface area contributed by atoms with Gasteiger partial charge in [-0.15, -0.1) is 12.4 Å². The van der Waals surface area contributed by atoms with Gasteiger partial charge < -0.3 is 10.2 Å². The number of anilines is 1. The van der Waals surface area contributed by atoms with Gasteiger partial charge in [0.15, 0.2) is 0 Å². The van der Waals surface area contributed by atoms with Crippen LogP contribution in [0.2, 0.25) is 5.02 Å². The van der Waals surface area contributed by atoms with Crippen LogP contribution < -0.4 is 9.62 Å². The smallest absolute Gasteiger partial charge is 0.255 e. The molecule has 2 aliphatic rings. The summed E-state index contributed by atoms with van der Waals surface area (Å²) in [4.78, 5) is 14.5. The lowest BCUT2D eigenvalue weighted by molar-refractivity contribution is 0.0674. The minimum atomic E-state index is -3.25. The minimum absolute atomic E-state index is 0. The zero-order chi connectivity index (χ0) is 17.5. The molecule has 0 saturated carbocycles. The average Bonchev–Trinajstić information content (AvgIpc) is 2.85. The van der Waals surface area contributed by atoms with E-state index in [-0.39, 0.29) is 36.2 Å². The van der Waals surface area contributed by atoms with Crippen molar-refractivity contribution in [3.63, 3.8) is 0 Å². The van der Waals surface area contributed by atoms with Crippen LogP contribution in [0.4, 0.5) is 5.69 Å². The van der Waals surface area contributed by atoms with Gasteiger partial charge in [-0.1, -0.05) is 11.6 Å². The van der Waals surface area contributed by atoms with Crippen LogP contribution in [-0.2, 0) is 10.0 Å². The molecule has 0 aliphatic carbocycles. The minimum Gasteiger partial charge on any atom is -0.336 e. The van der Waals surface area contributed by atoms with Crippen LogP contribution >= 0.6 is 24.0 Å². The summed E-state index contributed by atoms with van der Waals surface area (Å²) in [6.45, 7) is 5.79. The first-order chi connectivity index (χ1) is 11.3. The molecule has 2 fully saturated rings. The van der Waals surface area contributed by atoms with E-state index in [4.69, 9.17) is 11.6 Å². The number of rotatable bonds is 2. The third-order valence-electron chi connectivity index (χ3n) is 4.42. The van der Waals surface area contributed by atoms with E-state index < -0.39 is 10.0 Å². The summed E-state index contributed by atoms with van der Waals surface area (Å²) in [6.07, 6.45) is 0.608. The molecule has 2 heterocycles. The zero-order valence-electron chi connectivity index (χ0n) is 14.2. The second-order valence-electron chi connectivity index (χ2n) is 6.58. The molecule has 0 spiro atoms. The quantitative estimate of drug-likeness (QED) is 0.814. The van der Waals surface area contributed by atoms with Gasteiger partial charge in [-0.05, 0) is 38.5 Å². The van der Waals surface area contributed by atoms with Crippen molar-refractivity contribution in [2.24, 2.45) is 0 Å². The van der Waals surface area contributed by atoms with Crippen LogP contribution in [0.1, 0.15) is 30.6 Å². The molecule has 9 heteroatoms. The van der Waals surface area contributed by atoms with Crippen molar-refractivity contribution in [1.29, 1.82) is 0 Å². The van der Waals surface area contributed by atoms with E-state index in [0.717, 1.165) is 0 Å². The molecule has 1 aromatic carbocycles. The first-order valence-electron chi connectivity index (χ1n) is 8.13. The van der Waals surface area contributed by atoms with Crippen LogP contribution in [0.5, 0.6) is 0 Å². The van der Waals surface area contributed by atoms with E-state index in [9.17, 15) is 13.2 Å². The summed E-state index contributed by atoms with van der Waals surface area (Å²) in [5, 5.41) is 3.68. The third-order valence-corrected chi connectivity index (χ3v) is 6.60. The van der Waals surface area contributed by atoms with Gasteiger partial charge in [-0.25, -0.2) is 8.42 Å². The molecule has 6 nitrogen and oxygen atoms in total. The Morgan fingerprint density at radius 2 is 1.88 bits per heavy atom. The molecule has 140 valence electrons. The standard InChI is InChI=1S/C16H22ClN3O3S.ClH/c1-11-9-19(10-12(2)18-11)16(21)14-5-4-13(8-15(14)17)20-6-3-7-24(20,22)23;/h4-5,8,11-12,18H,3,6-7,9-10H2,1-2H3;1H. The number of piperazine rings is 1. The molecule has 3 rings (SSSR count). The van der Waals surface area contributed by atoms with Crippen LogP contribution in [-0.4, -0.2) is 56.7 Å². The molecular weight excluding hydrogens is 385 g/mol. The SMILES string of the molecule is CC1CN(C(=O)c2ccc(N3CCCS3(=O)=O)cc2Cl)CC(C)N1.Cl. The fourth-order valence-electron chi connectivity index (χ4n) is 3.43. The van der Waals surface area contributed by atoms with E-state index in [1.165, 1.54) is 4.31 Å². The van der Waals surface area contributed by atoms with Crippen molar-refractivity contribution >= 4 is 45.6 Å². The fraction of sp³-hybridized carbons (Fsp3) is 0.562. The van der Waals surface area contributed by atoms with E-state index >= 15 is 0 Å². The Hall–Kier alpha value is -1.02. The number of sulfonamides is 1. The van der Waals surface area contributed by atoms with Gasteiger partial charge in [0.2, 0.25) is 10.0 Å². The largest absolute Gasteiger partial charge is 0.336 e. The Labute approximate surface area is 160 Å². The molecule has 25 heavy (non-hydrogen) atoms. The van der Waals surface area contributed by atoms with Gasteiger partial charge >= 0.3 is 0 Å². The topological polar surface area (TPSA) is 69.7 Å². The highest BCUT2D eigenvalue weighted by Crippen LogP contribution is 2.29. The molecule has 0 aromatic heterocycles. The Morgan fingerprint density at radius 1 is 1.24 bits per heavy atom. The average molecular weight is 408 g/mol. The fourth-order valence-corrected chi connectivity index (χ4v) is 5.24. The second kappa shape index (κ2) is 7.70. The summed E-state index contributed by atoms with van der Waals surface area (Å²) in [7, 11) is -3.25. The van der Waals surface area contributed by atoms with Gasteiger partial charge in [0.25, 0.3) is 5.91 Å². The van der Waals surface area contributed by atoms with Crippen LogP contribution in [0, 0.1) is 0 Å². The normalized spacial score (nSPS) is 25.6. The summed E-state index contributed by atoms with van der Waals surface area (Å²) in [5.74, 6) is 0.0398. The van der Waals surface area contributed by atoms with Crippen LogP contribution in [0.25, 0.3) is 0 Å². The number of nitrogens with one attached hydrogen (secondary N) is 1. The van der Waals surface area contributed by atoms with Crippen molar-refractivity contribution in [3.8, 4) is 0 Å². The van der Waals surface area contributed by atoms with E-state index in [1.54, 1.807) is 23.1 Å². The number of carbonyl (C=O) groups is 1. The van der Waals surface area contributed by atoms with Crippen molar-refractivity contribution in [3.05, 3.63) is 28.8 Å². The number of halogens is 2. The van der Waals surface area contributed by atoms with Gasteiger partial charge in [0, 0.05) is 31.7 Å². The summed E-state index contributed by atoms with van der Waals surface area (Å²) >= 11 is 6.30. The Morgan fingerprint density at radius 3 is 2.40 bits per heavy atom. The first kappa shape index (κ1) is 20.3. The molecular formula is C16H23Cl2N3O3S. The molecule has 0 radical (unpaired) electrons. The maximum absolute atomic E-state index is 12.8. The zero-order valence-corrected chi connectivity index (χ0v) is 16.6. The maximum Gasteiger partial charge on any atom is 0.255 e. The molecule has 0 bridgehead atoms. The Bertz CT molecular complexity index is 747. The summed E-state index contributed by atoms with van der Waals surface area (Å²) in [5.41, 5.74) is 0.939. The van der Waals surface area contributed by atoms with Gasteiger partial charge in [0.05, 0.1) is 22.0 Å². The lowest BCUT2D eigenvalue weighted by Crippen LogP contribution is -2.55. The monoisotopic (exact) mass is 407 g/mol. The number of nitrogens with zero attached hydrogens (tertiary/aromatic N) is 2. The predicted molar refractivity (Wildman–Crippen MR) is 102 cm³/mol. The highest BCUT2D eigenvalue weighted by atomic mass is 35.5. The van der Waals surface area contributed by atoms with E-state index in [2.05, 4.69) is 5.32 Å². The number of hydrogen-bond donors (Lipinski definition) is 1. The molecule has 2 atom stereocenters. The number of carbonyl (C=O) groups excluding carboxylic acids is 1. The number of benzene rings is 1. The van der Waals surface area contributed by atoms with Crippen molar-refractivity contribution < 1.29 is 13.2 Å². The highest BCUT2D eigenvalue weighted by molar-refractivity contribution is 7.93. The molecule has 1 N–H and O–H groups in total.